The molecule has 0 atom stereocenters. The second-order valence-electron chi connectivity index (χ2n) is 5.24. The summed E-state index contributed by atoms with van der Waals surface area (Å²) >= 11 is 1.23. The molecule has 1 aliphatic heterocycles. The summed E-state index contributed by atoms with van der Waals surface area (Å²) in [4.78, 5) is 26.3. The van der Waals surface area contributed by atoms with Crippen molar-refractivity contribution < 1.29 is 14.3 Å². The maximum Gasteiger partial charge on any atom is 0.263 e. The van der Waals surface area contributed by atoms with Crippen LogP contribution in [0.25, 0.3) is 0 Å². The third-order valence-electron chi connectivity index (χ3n) is 3.59. The van der Waals surface area contributed by atoms with Gasteiger partial charge in [0.2, 0.25) is 0 Å². The molecule has 114 valence electrons. The Balaban J connectivity index is 1.93. The molecule has 0 unspecified atom stereocenters. The molecule has 0 spiro atoms. The smallest absolute Gasteiger partial charge is 0.263 e. The van der Waals surface area contributed by atoms with Gasteiger partial charge in [0.1, 0.15) is 9.88 Å². The molecule has 1 aromatic rings. The normalized spacial score (nSPS) is 18.6. The second kappa shape index (κ2) is 5.53. The van der Waals surface area contributed by atoms with E-state index in [9.17, 15) is 9.59 Å². The van der Waals surface area contributed by atoms with E-state index >= 15 is 0 Å². The van der Waals surface area contributed by atoms with Crippen LogP contribution in [0.4, 0.5) is 10.7 Å². The summed E-state index contributed by atoms with van der Waals surface area (Å²) in [5, 5.41) is 3.56. The van der Waals surface area contributed by atoms with Crippen molar-refractivity contribution in [3.05, 3.63) is 10.4 Å². The number of primary amides is 1. The molecule has 2 aliphatic rings. The number of morpholine rings is 1. The predicted molar refractivity (Wildman–Crippen MR) is 80.8 cm³/mol. The molecule has 0 bridgehead atoms. The Bertz CT molecular complexity index is 576. The van der Waals surface area contributed by atoms with E-state index in [1.54, 1.807) is 0 Å². The SMILES string of the molecule is NC(=O)c1c(N2CCOCC2)sc(C(=O)NC2CC2)c1N. The maximum atomic E-state index is 12.2. The third kappa shape index (κ3) is 2.81. The fourth-order valence-corrected chi connectivity index (χ4v) is 3.49. The molecule has 1 aromatic heterocycles. The van der Waals surface area contributed by atoms with Crippen molar-refractivity contribution in [2.75, 3.05) is 36.9 Å². The fourth-order valence-electron chi connectivity index (χ4n) is 2.31. The van der Waals surface area contributed by atoms with Gasteiger partial charge in [0.05, 0.1) is 24.5 Å². The Morgan fingerprint density at radius 1 is 1.29 bits per heavy atom. The Labute approximate surface area is 126 Å². The molecule has 2 heterocycles. The van der Waals surface area contributed by atoms with Crippen LogP contribution in [0, 0.1) is 0 Å². The highest BCUT2D eigenvalue weighted by atomic mass is 32.1. The second-order valence-corrected chi connectivity index (χ2v) is 6.24. The van der Waals surface area contributed by atoms with Crippen LogP contribution < -0.4 is 21.7 Å². The van der Waals surface area contributed by atoms with Crippen LogP contribution in [0.2, 0.25) is 0 Å². The number of nitrogens with one attached hydrogen (secondary N) is 1. The van der Waals surface area contributed by atoms with Crippen LogP contribution in [0.5, 0.6) is 0 Å². The summed E-state index contributed by atoms with van der Waals surface area (Å²) < 4.78 is 5.30. The summed E-state index contributed by atoms with van der Waals surface area (Å²) in [6.45, 7) is 2.48. The molecule has 0 aromatic carbocycles. The lowest BCUT2D eigenvalue weighted by atomic mass is 10.2. The van der Waals surface area contributed by atoms with Gasteiger partial charge in [0.15, 0.2) is 0 Å². The highest BCUT2D eigenvalue weighted by Gasteiger charge is 2.30. The average molecular weight is 310 g/mol. The quantitative estimate of drug-likeness (QED) is 0.733. The van der Waals surface area contributed by atoms with Gasteiger partial charge >= 0.3 is 0 Å². The minimum atomic E-state index is -0.601. The number of amides is 2. The van der Waals surface area contributed by atoms with Crippen molar-refractivity contribution in [3.63, 3.8) is 0 Å². The Morgan fingerprint density at radius 3 is 2.52 bits per heavy atom. The summed E-state index contributed by atoms with van der Waals surface area (Å²) in [5.41, 5.74) is 11.9. The van der Waals surface area contributed by atoms with Crippen molar-refractivity contribution in [1.82, 2.24) is 5.32 Å². The first-order chi connectivity index (χ1) is 10.1. The number of nitrogens with zero attached hydrogens (tertiary/aromatic N) is 1. The summed E-state index contributed by atoms with van der Waals surface area (Å²) in [5.74, 6) is -0.822. The zero-order valence-electron chi connectivity index (χ0n) is 11.6. The van der Waals surface area contributed by atoms with Crippen LogP contribution in [-0.2, 0) is 4.74 Å². The lowest BCUT2D eigenvalue weighted by Gasteiger charge is -2.28. The number of nitrogens with two attached hydrogens (primary N) is 2. The largest absolute Gasteiger partial charge is 0.397 e. The van der Waals surface area contributed by atoms with E-state index in [2.05, 4.69) is 5.32 Å². The van der Waals surface area contributed by atoms with Crippen molar-refractivity contribution in [2.24, 2.45) is 5.73 Å². The first-order valence-corrected chi connectivity index (χ1v) is 7.75. The van der Waals surface area contributed by atoms with Gasteiger partial charge in [-0.1, -0.05) is 0 Å². The van der Waals surface area contributed by atoms with Crippen LogP contribution >= 0.6 is 11.3 Å². The summed E-state index contributed by atoms with van der Waals surface area (Å²) in [6, 6.07) is 0.239. The Morgan fingerprint density at radius 2 is 1.95 bits per heavy atom. The minimum Gasteiger partial charge on any atom is -0.397 e. The molecule has 1 aliphatic carbocycles. The summed E-state index contributed by atoms with van der Waals surface area (Å²) in [7, 11) is 0. The summed E-state index contributed by atoms with van der Waals surface area (Å²) in [6.07, 6.45) is 1.99. The number of ether oxygens (including phenoxy) is 1. The Kier molecular flexibility index (Phi) is 3.73. The van der Waals surface area contributed by atoms with Crippen LogP contribution in [0.15, 0.2) is 0 Å². The number of carbonyl (C=O) groups excluding carboxylic acids is 2. The van der Waals surface area contributed by atoms with Crippen molar-refractivity contribution >= 4 is 33.8 Å². The lowest BCUT2D eigenvalue weighted by Crippen LogP contribution is -2.36. The average Bonchev–Trinajstić information content (AvgIpc) is 3.20. The lowest BCUT2D eigenvalue weighted by molar-refractivity contribution is 0.0955. The van der Waals surface area contributed by atoms with Gasteiger partial charge in [-0.05, 0) is 12.8 Å². The molecule has 5 N–H and O–H groups in total. The number of hydrogen-bond acceptors (Lipinski definition) is 6. The van der Waals surface area contributed by atoms with E-state index < -0.39 is 5.91 Å². The van der Waals surface area contributed by atoms with E-state index in [1.807, 2.05) is 4.90 Å². The van der Waals surface area contributed by atoms with Gasteiger partial charge in [-0.25, -0.2) is 0 Å². The van der Waals surface area contributed by atoms with Crippen molar-refractivity contribution in [2.45, 2.75) is 18.9 Å². The van der Waals surface area contributed by atoms with Crippen molar-refractivity contribution in [3.8, 4) is 0 Å². The molecule has 1 saturated heterocycles. The van der Waals surface area contributed by atoms with Gasteiger partial charge in [-0.2, -0.15) is 0 Å². The highest BCUT2D eigenvalue weighted by molar-refractivity contribution is 7.19. The molecule has 3 rings (SSSR count). The van der Waals surface area contributed by atoms with E-state index in [-0.39, 0.29) is 23.2 Å². The van der Waals surface area contributed by atoms with Crippen molar-refractivity contribution in [1.29, 1.82) is 0 Å². The molecule has 8 heteroatoms. The van der Waals surface area contributed by atoms with Crippen LogP contribution in [0.3, 0.4) is 0 Å². The van der Waals surface area contributed by atoms with Gasteiger partial charge in [0.25, 0.3) is 11.8 Å². The zero-order chi connectivity index (χ0) is 15.0. The molecule has 0 radical (unpaired) electrons. The number of rotatable bonds is 4. The monoisotopic (exact) mass is 310 g/mol. The molecular formula is C13H18N4O3S. The van der Waals surface area contributed by atoms with Gasteiger partial charge in [0, 0.05) is 19.1 Å². The minimum absolute atomic E-state index is 0.187. The van der Waals surface area contributed by atoms with E-state index in [1.165, 1.54) is 11.3 Å². The fraction of sp³-hybridized carbons (Fsp3) is 0.538. The number of anilines is 2. The standard InChI is InChI=1S/C13H18N4O3S/c14-9-8(11(15)18)13(17-3-5-20-6-4-17)21-10(9)12(19)16-7-1-2-7/h7H,1-6,14H2,(H2,15,18)(H,16,19). The van der Waals surface area contributed by atoms with Gasteiger partial charge in [-0.3, -0.25) is 9.59 Å². The molecular weight excluding hydrogens is 292 g/mol. The molecule has 2 fully saturated rings. The van der Waals surface area contributed by atoms with E-state index in [4.69, 9.17) is 16.2 Å². The topological polar surface area (TPSA) is 111 Å². The number of nitrogen functional groups attached to an aromatic ring is 1. The number of thiophene rings is 1. The van der Waals surface area contributed by atoms with E-state index in [0.717, 1.165) is 12.8 Å². The van der Waals surface area contributed by atoms with Crippen LogP contribution in [-0.4, -0.2) is 44.2 Å². The maximum absolute atomic E-state index is 12.2. The zero-order valence-corrected chi connectivity index (χ0v) is 12.4. The number of hydrogen-bond donors (Lipinski definition) is 3. The highest BCUT2D eigenvalue weighted by Crippen LogP contribution is 2.38. The van der Waals surface area contributed by atoms with E-state index in [0.29, 0.717) is 36.2 Å². The third-order valence-corrected chi connectivity index (χ3v) is 4.86. The van der Waals surface area contributed by atoms with Gasteiger partial charge in [-0.15, -0.1) is 11.3 Å². The first-order valence-electron chi connectivity index (χ1n) is 6.93. The first kappa shape index (κ1) is 14.2. The van der Waals surface area contributed by atoms with Gasteiger partial charge < -0.3 is 26.4 Å². The van der Waals surface area contributed by atoms with Crippen LogP contribution in [0.1, 0.15) is 32.9 Å². The number of carbonyl (C=O) groups is 2. The molecule has 2 amide bonds. The predicted octanol–water partition coefficient (Wildman–Crippen LogP) is 0.158. The molecule has 7 nitrogen and oxygen atoms in total. The molecule has 21 heavy (non-hydrogen) atoms. The molecule has 1 saturated carbocycles. The Hall–Kier alpha value is -1.80.